The number of benzene rings is 1. The molecule has 1 aromatic carbocycles. The van der Waals surface area contributed by atoms with Crippen LogP contribution in [0.1, 0.15) is 28.8 Å². The molecule has 0 fully saturated rings. The van der Waals surface area contributed by atoms with E-state index < -0.39 is 17.8 Å². The Balaban J connectivity index is 2.79. The number of methoxy groups -OCH3 is 1. The highest BCUT2D eigenvalue weighted by molar-refractivity contribution is 5.96. The molecule has 0 saturated heterocycles. The van der Waals surface area contributed by atoms with Crippen LogP contribution >= 0.6 is 0 Å². The molecule has 19 heavy (non-hydrogen) atoms. The topological polar surface area (TPSA) is 95.5 Å². The molecule has 1 aromatic rings. The number of amides is 1. The molecule has 0 heterocycles. The highest BCUT2D eigenvalue weighted by Gasteiger charge is 2.10. The molecular weight excluding hydrogens is 250 g/mol. The molecule has 102 valence electrons. The van der Waals surface area contributed by atoms with Crippen LogP contribution in [0, 0.1) is 6.92 Å². The second-order valence-electron chi connectivity index (χ2n) is 3.94. The lowest BCUT2D eigenvalue weighted by atomic mass is 10.1. The van der Waals surface area contributed by atoms with Crippen LogP contribution in [-0.2, 0) is 14.3 Å². The third kappa shape index (κ3) is 4.42. The maximum absolute atomic E-state index is 11.5. The molecule has 0 aliphatic rings. The normalized spacial score (nSPS) is 9.79. The minimum absolute atomic E-state index is 0.176. The third-order valence-corrected chi connectivity index (χ3v) is 2.49. The summed E-state index contributed by atoms with van der Waals surface area (Å²) < 4.78 is 4.58. The molecule has 0 aliphatic heterocycles. The molecule has 1 amide bonds. The lowest BCUT2D eigenvalue weighted by Gasteiger charge is -2.10. The first-order valence-corrected chi connectivity index (χ1v) is 5.62. The number of carboxylic acids is 1. The van der Waals surface area contributed by atoms with Gasteiger partial charge in [0.15, 0.2) is 0 Å². The first kappa shape index (κ1) is 14.7. The average Bonchev–Trinajstić information content (AvgIpc) is 2.38. The summed E-state index contributed by atoms with van der Waals surface area (Å²) in [6.45, 7) is 1.76. The zero-order chi connectivity index (χ0) is 14.4. The van der Waals surface area contributed by atoms with Crippen molar-refractivity contribution in [1.29, 1.82) is 0 Å². The predicted molar refractivity (Wildman–Crippen MR) is 65.4 cm³/mol. The molecule has 1 rings (SSSR count). The van der Waals surface area contributed by atoms with Gasteiger partial charge in [0, 0.05) is 18.1 Å². The van der Waals surface area contributed by atoms with Gasteiger partial charge in [-0.15, -0.1) is 0 Å². The zero-order valence-electron chi connectivity index (χ0n) is 10.7. The Morgan fingerprint density at radius 2 is 1.95 bits per heavy atom. The number of carbonyl (C=O) groups excluding carboxylic acids is 3. The number of carboxylic acid groups (broad SMARTS) is 1. The van der Waals surface area contributed by atoms with Gasteiger partial charge in [0.2, 0.25) is 5.91 Å². The highest BCUT2D eigenvalue weighted by atomic mass is 16.5. The van der Waals surface area contributed by atoms with E-state index in [-0.39, 0.29) is 12.8 Å². The van der Waals surface area contributed by atoms with Gasteiger partial charge in [-0.05, 0) is 31.0 Å². The summed E-state index contributed by atoms with van der Waals surface area (Å²) in [6.07, 6.45) is -0.522. The monoisotopic (exact) mass is 264 g/mol. The van der Waals surface area contributed by atoms with Crippen molar-refractivity contribution in [2.45, 2.75) is 19.8 Å². The van der Waals surface area contributed by atoms with Crippen LogP contribution < -0.4 is 10.4 Å². The largest absolute Gasteiger partial charge is 0.550 e. The van der Waals surface area contributed by atoms with Crippen molar-refractivity contribution in [3.05, 3.63) is 29.3 Å². The van der Waals surface area contributed by atoms with Crippen LogP contribution in [-0.4, -0.2) is 25.0 Å². The van der Waals surface area contributed by atoms with E-state index in [0.717, 1.165) is 5.56 Å². The van der Waals surface area contributed by atoms with Crippen molar-refractivity contribution in [1.82, 2.24) is 0 Å². The van der Waals surface area contributed by atoms with Crippen molar-refractivity contribution in [2.75, 3.05) is 12.4 Å². The second-order valence-corrected chi connectivity index (χ2v) is 3.94. The van der Waals surface area contributed by atoms with Gasteiger partial charge in [-0.25, -0.2) is 4.79 Å². The van der Waals surface area contributed by atoms with Gasteiger partial charge in [0.1, 0.15) is 0 Å². The fourth-order valence-electron chi connectivity index (χ4n) is 1.43. The molecule has 6 heteroatoms. The molecule has 1 N–H and O–H groups in total. The zero-order valence-corrected chi connectivity index (χ0v) is 10.7. The number of carbonyl (C=O) groups is 3. The van der Waals surface area contributed by atoms with Gasteiger partial charge in [-0.2, -0.15) is 0 Å². The summed E-state index contributed by atoms with van der Waals surface area (Å²) >= 11 is 0. The average molecular weight is 264 g/mol. The molecule has 0 aliphatic carbocycles. The van der Waals surface area contributed by atoms with Crippen LogP contribution in [0.25, 0.3) is 0 Å². The fourth-order valence-corrected chi connectivity index (χ4v) is 1.43. The van der Waals surface area contributed by atoms with Gasteiger partial charge in [0.05, 0.1) is 12.7 Å². The number of ether oxygens (including phenoxy) is 1. The van der Waals surface area contributed by atoms with E-state index in [9.17, 15) is 19.5 Å². The van der Waals surface area contributed by atoms with Crippen LogP contribution in [0.2, 0.25) is 0 Å². The maximum atomic E-state index is 11.5. The highest BCUT2D eigenvalue weighted by Crippen LogP contribution is 2.18. The molecule has 0 bridgehead atoms. The SMILES string of the molecule is COC(=O)c1ccc(C)c(NC(=O)CCC(=O)[O-])c1. The number of esters is 1. The lowest BCUT2D eigenvalue weighted by Crippen LogP contribution is -2.24. The maximum Gasteiger partial charge on any atom is 0.337 e. The van der Waals surface area contributed by atoms with E-state index in [0.29, 0.717) is 11.3 Å². The van der Waals surface area contributed by atoms with E-state index in [1.807, 2.05) is 0 Å². The molecule has 0 radical (unpaired) electrons. The first-order valence-electron chi connectivity index (χ1n) is 5.62. The summed E-state index contributed by atoms with van der Waals surface area (Å²) in [5.74, 6) is -2.24. The number of aryl methyl sites for hydroxylation is 1. The Morgan fingerprint density at radius 3 is 2.53 bits per heavy atom. The van der Waals surface area contributed by atoms with Crippen molar-refractivity contribution in [3.8, 4) is 0 Å². The predicted octanol–water partition coefficient (Wildman–Crippen LogP) is 0.250. The van der Waals surface area contributed by atoms with Gasteiger partial charge >= 0.3 is 5.97 Å². The second kappa shape index (κ2) is 6.53. The van der Waals surface area contributed by atoms with Gasteiger partial charge in [0.25, 0.3) is 0 Å². The van der Waals surface area contributed by atoms with Crippen LogP contribution in [0.3, 0.4) is 0 Å². The summed E-state index contributed by atoms with van der Waals surface area (Å²) in [7, 11) is 1.26. The molecule has 0 spiro atoms. The Hall–Kier alpha value is -2.37. The summed E-state index contributed by atoms with van der Waals surface area (Å²) in [5.41, 5.74) is 1.52. The third-order valence-electron chi connectivity index (χ3n) is 2.49. The molecule has 0 unspecified atom stereocenters. The number of hydrogen-bond acceptors (Lipinski definition) is 5. The number of nitrogens with one attached hydrogen (secondary N) is 1. The number of hydrogen-bond donors (Lipinski definition) is 1. The molecule has 6 nitrogen and oxygen atoms in total. The van der Waals surface area contributed by atoms with E-state index >= 15 is 0 Å². The molecule has 0 aromatic heterocycles. The van der Waals surface area contributed by atoms with Crippen molar-refractivity contribution in [3.63, 3.8) is 0 Å². The van der Waals surface area contributed by atoms with Crippen molar-refractivity contribution < 1.29 is 24.2 Å². The Morgan fingerprint density at radius 1 is 1.26 bits per heavy atom. The van der Waals surface area contributed by atoms with Crippen molar-refractivity contribution >= 4 is 23.5 Å². The Bertz CT molecular complexity index is 510. The lowest BCUT2D eigenvalue weighted by molar-refractivity contribution is -0.305. The molecule has 0 saturated carbocycles. The van der Waals surface area contributed by atoms with Crippen LogP contribution in [0.15, 0.2) is 18.2 Å². The Labute approximate surface area is 110 Å². The van der Waals surface area contributed by atoms with Crippen LogP contribution in [0.5, 0.6) is 0 Å². The summed E-state index contributed by atoms with van der Waals surface area (Å²) in [6, 6.07) is 4.73. The van der Waals surface area contributed by atoms with Crippen LogP contribution in [0.4, 0.5) is 5.69 Å². The van der Waals surface area contributed by atoms with E-state index in [1.54, 1.807) is 19.1 Å². The van der Waals surface area contributed by atoms with Gasteiger partial charge in [-0.1, -0.05) is 6.07 Å². The van der Waals surface area contributed by atoms with E-state index in [2.05, 4.69) is 10.1 Å². The minimum atomic E-state index is -1.28. The first-order chi connectivity index (χ1) is 8.93. The number of anilines is 1. The number of aliphatic carboxylic acids is 1. The quantitative estimate of drug-likeness (QED) is 0.769. The smallest absolute Gasteiger partial charge is 0.337 e. The minimum Gasteiger partial charge on any atom is -0.550 e. The van der Waals surface area contributed by atoms with E-state index in [4.69, 9.17) is 0 Å². The summed E-state index contributed by atoms with van der Waals surface area (Å²) in [5, 5.41) is 12.8. The Kier molecular flexibility index (Phi) is 5.05. The standard InChI is InChI=1S/C13H15NO5/c1-8-3-4-9(13(18)19-2)7-10(8)14-11(15)5-6-12(16)17/h3-4,7H,5-6H2,1-2H3,(H,14,15)(H,16,17)/p-1. The van der Waals surface area contributed by atoms with Gasteiger partial charge < -0.3 is 20.0 Å². The van der Waals surface area contributed by atoms with Gasteiger partial charge in [-0.3, -0.25) is 4.79 Å². The molecule has 0 atom stereocenters. The van der Waals surface area contributed by atoms with Crippen molar-refractivity contribution in [2.24, 2.45) is 0 Å². The van der Waals surface area contributed by atoms with E-state index in [1.165, 1.54) is 13.2 Å². The number of rotatable bonds is 5. The molecular formula is C13H14NO5-. The fraction of sp³-hybridized carbons (Fsp3) is 0.308. The summed E-state index contributed by atoms with van der Waals surface area (Å²) in [4.78, 5) is 33.1.